The quantitative estimate of drug-likeness (QED) is 0.694. The van der Waals surface area contributed by atoms with E-state index in [4.69, 9.17) is 5.26 Å². The molecule has 0 N–H and O–H groups in total. The number of allylic oxidation sites excluding steroid dienone is 2. The van der Waals surface area contributed by atoms with Crippen LogP contribution in [0.15, 0.2) is 36.4 Å². The van der Waals surface area contributed by atoms with E-state index in [1.165, 1.54) is 6.08 Å². The number of rotatable bonds is 2. The molecule has 1 aromatic rings. The van der Waals surface area contributed by atoms with Gasteiger partial charge < -0.3 is 0 Å². The van der Waals surface area contributed by atoms with Crippen LogP contribution in [0.5, 0.6) is 0 Å². The largest absolute Gasteiger partial charge is 0.416 e. The van der Waals surface area contributed by atoms with Crippen LogP contribution in [-0.4, -0.2) is 0 Å². The first-order valence-electron chi connectivity index (χ1n) is 6.74. The first-order chi connectivity index (χ1) is 9.50. The molecule has 0 spiro atoms. The molecular weight excluding hydrogens is 263 g/mol. The number of hydrogen-bond donors (Lipinski definition) is 0. The van der Waals surface area contributed by atoms with E-state index in [9.17, 15) is 13.2 Å². The van der Waals surface area contributed by atoms with E-state index in [2.05, 4.69) is 0 Å². The van der Waals surface area contributed by atoms with Crippen molar-refractivity contribution in [2.75, 3.05) is 0 Å². The molecule has 1 fully saturated rings. The van der Waals surface area contributed by atoms with E-state index < -0.39 is 11.7 Å². The lowest BCUT2D eigenvalue weighted by Gasteiger charge is -2.27. The molecule has 106 valence electrons. The Morgan fingerprint density at radius 1 is 1.05 bits per heavy atom. The van der Waals surface area contributed by atoms with Gasteiger partial charge in [-0.15, -0.1) is 0 Å². The maximum atomic E-state index is 12.5. The fourth-order valence-electron chi connectivity index (χ4n) is 2.77. The van der Waals surface area contributed by atoms with Gasteiger partial charge in [0.25, 0.3) is 0 Å². The lowest BCUT2D eigenvalue weighted by molar-refractivity contribution is -0.137. The molecule has 20 heavy (non-hydrogen) atoms. The molecule has 0 aliphatic heterocycles. The number of alkyl halides is 3. The van der Waals surface area contributed by atoms with E-state index in [0.29, 0.717) is 11.8 Å². The fourth-order valence-corrected chi connectivity index (χ4v) is 2.77. The molecular formula is C16H16F3N. The van der Waals surface area contributed by atoms with Gasteiger partial charge in [-0.05, 0) is 55.2 Å². The van der Waals surface area contributed by atoms with E-state index >= 15 is 0 Å². The minimum Gasteiger partial charge on any atom is -0.193 e. The van der Waals surface area contributed by atoms with Gasteiger partial charge in [0.05, 0.1) is 11.6 Å². The zero-order valence-corrected chi connectivity index (χ0v) is 11.0. The first kappa shape index (κ1) is 14.6. The molecule has 0 radical (unpaired) electrons. The van der Waals surface area contributed by atoms with Crippen molar-refractivity contribution < 1.29 is 13.2 Å². The van der Waals surface area contributed by atoms with Gasteiger partial charge in [0, 0.05) is 6.08 Å². The first-order valence-corrected chi connectivity index (χ1v) is 6.74. The lowest BCUT2D eigenvalue weighted by atomic mass is 9.78. The molecule has 1 aliphatic rings. The number of nitrogens with zero attached hydrogens (tertiary/aromatic N) is 1. The Kier molecular flexibility index (Phi) is 4.49. The Hall–Kier alpha value is -1.76. The molecule has 1 nitrogen and oxygen atoms in total. The summed E-state index contributed by atoms with van der Waals surface area (Å²) in [6.45, 7) is 0. The highest BCUT2D eigenvalue weighted by Crippen LogP contribution is 2.37. The van der Waals surface area contributed by atoms with Crippen molar-refractivity contribution in [3.63, 3.8) is 0 Å². The van der Waals surface area contributed by atoms with E-state index in [1.54, 1.807) is 12.1 Å². The van der Waals surface area contributed by atoms with Crippen LogP contribution < -0.4 is 0 Å². The molecule has 0 unspecified atom stereocenters. The topological polar surface area (TPSA) is 23.8 Å². The Balaban J connectivity index is 1.97. The number of halogens is 3. The molecule has 0 amide bonds. The van der Waals surface area contributed by atoms with Crippen LogP contribution >= 0.6 is 0 Å². The summed E-state index contributed by atoms with van der Waals surface area (Å²) in [5.74, 6) is 0.768. The smallest absolute Gasteiger partial charge is 0.193 e. The van der Waals surface area contributed by atoms with Crippen LogP contribution in [0, 0.1) is 17.2 Å². The van der Waals surface area contributed by atoms with Crippen molar-refractivity contribution >= 4 is 0 Å². The summed E-state index contributed by atoms with van der Waals surface area (Å²) in [4.78, 5) is 0. The lowest BCUT2D eigenvalue weighted by Crippen LogP contribution is -2.12. The second kappa shape index (κ2) is 6.13. The van der Waals surface area contributed by atoms with Gasteiger partial charge in [0.15, 0.2) is 0 Å². The third-order valence-electron chi connectivity index (χ3n) is 3.92. The van der Waals surface area contributed by atoms with Crippen LogP contribution in [-0.2, 0) is 6.18 Å². The average Bonchev–Trinajstić information content (AvgIpc) is 2.45. The highest BCUT2D eigenvalue weighted by molar-refractivity contribution is 5.27. The van der Waals surface area contributed by atoms with E-state index in [0.717, 1.165) is 43.4 Å². The molecule has 1 aromatic carbocycles. The summed E-state index contributed by atoms with van der Waals surface area (Å²) in [5, 5.41) is 8.49. The minimum atomic E-state index is -4.27. The summed E-state index contributed by atoms with van der Waals surface area (Å²) in [6, 6.07) is 7.51. The van der Waals surface area contributed by atoms with Crippen LogP contribution in [0.2, 0.25) is 0 Å². The van der Waals surface area contributed by atoms with E-state index in [-0.39, 0.29) is 0 Å². The van der Waals surface area contributed by atoms with Crippen molar-refractivity contribution in [2.24, 2.45) is 5.92 Å². The van der Waals surface area contributed by atoms with Gasteiger partial charge in [-0.3, -0.25) is 0 Å². The number of benzene rings is 1. The Labute approximate surface area is 116 Å². The molecule has 1 aliphatic carbocycles. The third-order valence-corrected chi connectivity index (χ3v) is 3.92. The molecule has 0 aromatic heterocycles. The van der Waals surface area contributed by atoms with Crippen molar-refractivity contribution in [3.8, 4) is 6.07 Å². The Bertz CT molecular complexity index is 500. The summed E-state index contributed by atoms with van der Waals surface area (Å²) >= 11 is 0. The summed E-state index contributed by atoms with van der Waals surface area (Å²) in [6.07, 6.45) is 3.09. The molecule has 0 atom stereocenters. The molecule has 0 heterocycles. The summed E-state index contributed by atoms with van der Waals surface area (Å²) in [5.41, 5.74) is 0.396. The Morgan fingerprint density at radius 2 is 1.65 bits per heavy atom. The van der Waals surface area contributed by atoms with Crippen LogP contribution in [0.1, 0.15) is 42.7 Å². The average molecular weight is 279 g/mol. The second-order valence-corrected chi connectivity index (χ2v) is 5.22. The molecule has 2 rings (SSSR count). The number of hydrogen-bond acceptors (Lipinski definition) is 1. The summed E-state index contributed by atoms with van der Waals surface area (Å²) in [7, 11) is 0. The summed E-state index contributed by atoms with van der Waals surface area (Å²) < 4.78 is 37.5. The van der Waals surface area contributed by atoms with Crippen LogP contribution in [0.25, 0.3) is 0 Å². The Morgan fingerprint density at radius 3 is 2.15 bits per heavy atom. The van der Waals surface area contributed by atoms with Gasteiger partial charge >= 0.3 is 6.18 Å². The minimum absolute atomic E-state index is 0.337. The van der Waals surface area contributed by atoms with Crippen LogP contribution in [0.4, 0.5) is 13.2 Å². The third kappa shape index (κ3) is 3.63. The van der Waals surface area contributed by atoms with Gasteiger partial charge in [-0.2, -0.15) is 18.4 Å². The molecule has 0 saturated heterocycles. The highest BCUT2D eigenvalue weighted by Gasteiger charge is 2.30. The number of nitriles is 1. The normalized spacial score (nSPS) is 23.7. The maximum absolute atomic E-state index is 12.5. The van der Waals surface area contributed by atoms with Crippen molar-refractivity contribution in [1.29, 1.82) is 5.26 Å². The SMILES string of the molecule is N#CC=CC1CCC(c2ccc(C(F)(F)F)cc2)CC1. The highest BCUT2D eigenvalue weighted by atomic mass is 19.4. The van der Waals surface area contributed by atoms with Crippen molar-refractivity contribution in [1.82, 2.24) is 0 Å². The van der Waals surface area contributed by atoms with Crippen molar-refractivity contribution in [2.45, 2.75) is 37.8 Å². The zero-order valence-electron chi connectivity index (χ0n) is 11.0. The van der Waals surface area contributed by atoms with Gasteiger partial charge in [0.1, 0.15) is 0 Å². The second-order valence-electron chi connectivity index (χ2n) is 5.22. The molecule has 1 saturated carbocycles. The fraction of sp³-hybridized carbons (Fsp3) is 0.438. The maximum Gasteiger partial charge on any atom is 0.416 e. The van der Waals surface area contributed by atoms with Gasteiger partial charge in [-0.1, -0.05) is 18.2 Å². The molecule has 0 bridgehead atoms. The monoisotopic (exact) mass is 279 g/mol. The van der Waals surface area contributed by atoms with Gasteiger partial charge in [-0.25, -0.2) is 0 Å². The van der Waals surface area contributed by atoms with Gasteiger partial charge in [0.2, 0.25) is 0 Å². The van der Waals surface area contributed by atoms with E-state index in [1.807, 2.05) is 12.1 Å². The standard InChI is InChI=1S/C16H16F3N/c17-16(18,19)15-9-7-14(8-10-15)13-5-3-12(4-6-13)2-1-11-20/h1-2,7-10,12-13H,3-6H2. The predicted octanol–water partition coefficient (Wildman–Crippen LogP) is 5.06. The molecule has 4 heteroatoms. The predicted molar refractivity (Wildman–Crippen MR) is 70.9 cm³/mol. The zero-order chi connectivity index (χ0) is 14.6. The van der Waals surface area contributed by atoms with Crippen LogP contribution in [0.3, 0.4) is 0 Å². The van der Waals surface area contributed by atoms with Crippen molar-refractivity contribution in [3.05, 3.63) is 47.5 Å².